The summed E-state index contributed by atoms with van der Waals surface area (Å²) in [5.41, 5.74) is 2.58. The van der Waals surface area contributed by atoms with Crippen LogP contribution in [0.5, 0.6) is 0 Å². The van der Waals surface area contributed by atoms with Crippen LogP contribution in [-0.2, 0) is 6.54 Å². The van der Waals surface area contributed by atoms with E-state index in [0.717, 1.165) is 15.6 Å². The molecule has 2 aromatic rings. The van der Waals surface area contributed by atoms with Crippen molar-refractivity contribution in [3.63, 3.8) is 0 Å². The molecule has 2 rings (SSSR count). The van der Waals surface area contributed by atoms with Crippen LogP contribution in [0.1, 0.15) is 21.5 Å². The molecule has 0 saturated carbocycles. The Kier molecular flexibility index (Phi) is 4.61. The highest BCUT2D eigenvalue weighted by Gasteiger charge is 2.10. The first kappa shape index (κ1) is 14.1. The molecular formula is C15H13BrClNO. The lowest BCUT2D eigenvalue weighted by Crippen LogP contribution is -2.23. The maximum Gasteiger partial charge on any atom is 0.252 e. The van der Waals surface area contributed by atoms with Crippen molar-refractivity contribution in [2.75, 3.05) is 0 Å². The van der Waals surface area contributed by atoms with Gasteiger partial charge in [0.25, 0.3) is 5.91 Å². The first-order chi connectivity index (χ1) is 9.08. The van der Waals surface area contributed by atoms with Crippen molar-refractivity contribution >= 4 is 33.4 Å². The smallest absolute Gasteiger partial charge is 0.252 e. The average Bonchev–Trinajstić information content (AvgIpc) is 2.40. The molecule has 0 heterocycles. The Morgan fingerprint density at radius 1 is 1.26 bits per heavy atom. The Balaban J connectivity index is 2.10. The summed E-state index contributed by atoms with van der Waals surface area (Å²) in [5.74, 6) is -0.115. The zero-order valence-corrected chi connectivity index (χ0v) is 12.8. The zero-order valence-electron chi connectivity index (χ0n) is 10.4. The van der Waals surface area contributed by atoms with Crippen LogP contribution < -0.4 is 5.32 Å². The molecule has 0 atom stereocenters. The summed E-state index contributed by atoms with van der Waals surface area (Å²) in [6.45, 7) is 2.37. The summed E-state index contributed by atoms with van der Waals surface area (Å²) in [5, 5.41) is 3.53. The van der Waals surface area contributed by atoms with Crippen molar-refractivity contribution in [2.45, 2.75) is 13.5 Å². The molecule has 4 heteroatoms. The Hall–Kier alpha value is -1.32. The summed E-state index contributed by atoms with van der Waals surface area (Å²) in [7, 11) is 0. The Morgan fingerprint density at radius 2 is 2.00 bits per heavy atom. The van der Waals surface area contributed by atoms with Gasteiger partial charge >= 0.3 is 0 Å². The number of aryl methyl sites for hydroxylation is 1. The highest BCUT2D eigenvalue weighted by molar-refractivity contribution is 9.10. The fourth-order valence-corrected chi connectivity index (χ4v) is 2.35. The van der Waals surface area contributed by atoms with Crippen molar-refractivity contribution in [1.82, 2.24) is 5.32 Å². The fraction of sp³-hybridized carbons (Fsp3) is 0.133. The SMILES string of the molecule is Cc1ccc(Br)c(C(=O)NCc2ccccc2Cl)c1. The van der Waals surface area contributed by atoms with Gasteiger partial charge in [-0.1, -0.05) is 41.4 Å². The number of carbonyl (C=O) groups is 1. The van der Waals surface area contributed by atoms with E-state index in [1.54, 1.807) is 0 Å². The second-order valence-corrected chi connectivity index (χ2v) is 5.52. The molecule has 2 aromatic carbocycles. The third-order valence-electron chi connectivity index (χ3n) is 2.76. The van der Waals surface area contributed by atoms with E-state index in [2.05, 4.69) is 21.2 Å². The van der Waals surface area contributed by atoms with E-state index in [4.69, 9.17) is 11.6 Å². The summed E-state index contributed by atoms with van der Waals surface area (Å²) in [6, 6.07) is 13.2. The molecule has 1 amide bonds. The molecule has 2 nitrogen and oxygen atoms in total. The molecule has 19 heavy (non-hydrogen) atoms. The van der Waals surface area contributed by atoms with Gasteiger partial charge in [0.2, 0.25) is 0 Å². The first-order valence-corrected chi connectivity index (χ1v) is 7.03. The lowest BCUT2D eigenvalue weighted by molar-refractivity contribution is 0.0950. The number of benzene rings is 2. The molecule has 0 fully saturated rings. The lowest BCUT2D eigenvalue weighted by atomic mass is 10.1. The zero-order chi connectivity index (χ0) is 13.8. The van der Waals surface area contributed by atoms with E-state index in [1.165, 1.54) is 0 Å². The van der Waals surface area contributed by atoms with Crippen LogP contribution in [0.25, 0.3) is 0 Å². The molecule has 0 aliphatic heterocycles. The van der Waals surface area contributed by atoms with E-state index in [-0.39, 0.29) is 5.91 Å². The molecule has 0 spiro atoms. The largest absolute Gasteiger partial charge is 0.348 e. The summed E-state index contributed by atoms with van der Waals surface area (Å²) in [4.78, 5) is 12.1. The summed E-state index contributed by atoms with van der Waals surface area (Å²) in [6.07, 6.45) is 0. The second-order valence-electron chi connectivity index (χ2n) is 4.26. The third kappa shape index (κ3) is 3.58. The quantitative estimate of drug-likeness (QED) is 0.886. The van der Waals surface area contributed by atoms with Crippen LogP contribution in [0.3, 0.4) is 0 Å². The Labute approximate surface area is 125 Å². The van der Waals surface area contributed by atoms with Gasteiger partial charge in [-0.05, 0) is 46.6 Å². The minimum atomic E-state index is -0.115. The van der Waals surface area contributed by atoms with Crippen molar-refractivity contribution < 1.29 is 4.79 Å². The number of amides is 1. The Morgan fingerprint density at radius 3 is 2.74 bits per heavy atom. The van der Waals surface area contributed by atoms with Crippen LogP contribution in [0.15, 0.2) is 46.9 Å². The van der Waals surface area contributed by atoms with E-state index < -0.39 is 0 Å². The lowest BCUT2D eigenvalue weighted by Gasteiger charge is -2.09. The summed E-state index contributed by atoms with van der Waals surface area (Å²) >= 11 is 9.43. The molecule has 98 valence electrons. The molecule has 0 radical (unpaired) electrons. The number of rotatable bonds is 3. The molecule has 0 saturated heterocycles. The maximum absolute atomic E-state index is 12.1. The van der Waals surface area contributed by atoms with Crippen LogP contribution in [0, 0.1) is 6.92 Å². The van der Waals surface area contributed by atoms with Gasteiger partial charge in [-0.2, -0.15) is 0 Å². The van der Waals surface area contributed by atoms with Crippen molar-refractivity contribution in [2.24, 2.45) is 0 Å². The molecular weight excluding hydrogens is 326 g/mol. The fourth-order valence-electron chi connectivity index (χ4n) is 1.73. The van der Waals surface area contributed by atoms with Gasteiger partial charge in [-0.25, -0.2) is 0 Å². The standard InChI is InChI=1S/C15H13BrClNO/c1-10-6-7-13(16)12(8-10)15(19)18-9-11-4-2-3-5-14(11)17/h2-8H,9H2,1H3,(H,18,19). The molecule has 0 aliphatic carbocycles. The maximum atomic E-state index is 12.1. The molecule has 0 aromatic heterocycles. The van der Waals surface area contributed by atoms with Gasteiger partial charge in [0.15, 0.2) is 0 Å². The van der Waals surface area contributed by atoms with Crippen LogP contribution in [0.4, 0.5) is 0 Å². The average molecular weight is 339 g/mol. The minimum Gasteiger partial charge on any atom is -0.348 e. The minimum absolute atomic E-state index is 0.115. The number of carbonyl (C=O) groups excluding carboxylic acids is 1. The van der Waals surface area contributed by atoms with Crippen LogP contribution in [-0.4, -0.2) is 5.91 Å². The number of hydrogen-bond acceptors (Lipinski definition) is 1. The van der Waals surface area contributed by atoms with Gasteiger partial charge in [0, 0.05) is 16.0 Å². The predicted molar refractivity (Wildman–Crippen MR) is 81.5 cm³/mol. The molecule has 0 bridgehead atoms. The monoisotopic (exact) mass is 337 g/mol. The Bertz CT molecular complexity index is 613. The summed E-state index contributed by atoms with van der Waals surface area (Å²) < 4.78 is 0.787. The predicted octanol–water partition coefficient (Wildman–Crippen LogP) is 4.34. The third-order valence-corrected chi connectivity index (χ3v) is 3.82. The van der Waals surface area contributed by atoms with E-state index in [0.29, 0.717) is 17.1 Å². The normalized spacial score (nSPS) is 10.3. The molecule has 1 N–H and O–H groups in total. The number of hydrogen-bond donors (Lipinski definition) is 1. The van der Waals surface area contributed by atoms with E-state index >= 15 is 0 Å². The van der Waals surface area contributed by atoms with Crippen LogP contribution in [0.2, 0.25) is 5.02 Å². The van der Waals surface area contributed by atoms with Gasteiger partial charge in [-0.3, -0.25) is 4.79 Å². The van der Waals surface area contributed by atoms with Crippen LogP contribution >= 0.6 is 27.5 Å². The topological polar surface area (TPSA) is 29.1 Å². The van der Waals surface area contributed by atoms with Crippen molar-refractivity contribution in [3.05, 3.63) is 68.7 Å². The van der Waals surface area contributed by atoms with Gasteiger partial charge < -0.3 is 5.32 Å². The van der Waals surface area contributed by atoms with Gasteiger partial charge in [0.05, 0.1) is 5.56 Å². The van der Waals surface area contributed by atoms with E-state index in [9.17, 15) is 4.79 Å². The van der Waals surface area contributed by atoms with Crippen molar-refractivity contribution in [1.29, 1.82) is 0 Å². The van der Waals surface area contributed by atoms with E-state index in [1.807, 2.05) is 49.4 Å². The number of halogens is 2. The molecule has 0 unspecified atom stereocenters. The van der Waals surface area contributed by atoms with Crippen molar-refractivity contribution in [3.8, 4) is 0 Å². The molecule has 0 aliphatic rings. The van der Waals surface area contributed by atoms with Gasteiger partial charge in [-0.15, -0.1) is 0 Å². The van der Waals surface area contributed by atoms with Gasteiger partial charge in [0.1, 0.15) is 0 Å². The highest BCUT2D eigenvalue weighted by atomic mass is 79.9. The second kappa shape index (κ2) is 6.22. The highest BCUT2D eigenvalue weighted by Crippen LogP contribution is 2.19. The number of nitrogens with one attached hydrogen (secondary N) is 1. The first-order valence-electron chi connectivity index (χ1n) is 5.85.